The molecule has 0 aliphatic rings. The average molecular weight is 263 g/mol. The molecular weight excluding hydrogens is 250 g/mol. The molecule has 2 aromatic carbocycles. The summed E-state index contributed by atoms with van der Waals surface area (Å²) in [5.41, 5.74) is 2.52. The Hall–Kier alpha value is -2.68. The number of pyridine rings is 1. The summed E-state index contributed by atoms with van der Waals surface area (Å²) in [6.45, 7) is 0.527. The number of aromatic nitrogens is 1. The van der Waals surface area contributed by atoms with Crippen LogP contribution >= 0.6 is 0 Å². The highest BCUT2D eigenvalue weighted by molar-refractivity contribution is 5.86. The number of carbonyl (C=O) groups excluding carboxylic acids is 1. The summed E-state index contributed by atoms with van der Waals surface area (Å²) in [7, 11) is 0. The van der Waals surface area contributed by atoms with Gasteiger partial charge >= 0.3 is 0 Å². The van der Waals surface area contributed by atoms with Crippen molar-refractivity contribution in [2.45, 2.75) is 6.61 Å². The lowest BCUT2D eigenvalue weighted by atomic mass is 10.1. The van der Waals surface area contributed by atoms with Crippen molar-refractivity contribution in [1.29, 1.82) is 0 Å². The van der Waals surface area contributed by atoms with Gasteiger partial charge in [0.05, 0.1) is 5.52 Å². The summed E-state index contributed by atoms with van der Waals surface area (Å²) in [6.07, 6.45) is 2.36. The lowest BCUT2D eigenvalue weighted by Gasteiger charge is -2.07. The number of rotatable bonds is 4. The van der Waals surface area contributed by atoms with Gasteiger partial charge in [-0.2, -0.15) is 0 Å². The molecular formula is C17H13NO2. The van der Waals surface area contributed by atoms with Gasteiger partial charge in [-0.3, -0.25) is 9.78 Å². The van der Waals surface area contributed by atoms with Crippen molar-refractivity contribution < 1.29 is 9.53 Å². The molecule has 0 spiro atoms. The van der Waals surface area contributed by atoms with Crippen LogP contribution in [0.25, 0.3) is 10.9 Å². The largest absolute Gasteiger partial charge is 0.489 e. The third kappa shape index (κ3) is 2.67. The highest BCUT2D eigenvalue weighted by Gasteiger charge is 2.01. The molecule has 3 aromatic rings. The molecule has 98 valence electrons. The summed E-state index contributed by atoms with van der Waals surface area (Å²) < 4.78 is 5.75. The molecule has 0 unspecified atom stereocenters. The molecule has 3 nitrogen and oxygen atoms in total. The van der Waals surface area contributed by atoms with E-state index in [1.807, 2.05) is 54.6 Å². The van der Waals surface area contributed by atoms with Crippen molar-refractivity contribution >= 4 is 17.2 Å². The van der Waals surface area contributed by atoms with Gasteiger partial charge in [0.25, 0.3) is 0 Å². The predicted molar refractivity (Wildman–Crippen MR) is 77.9 cm³/mol. The minimum absolute atomic E-state index is 0.527. The summed E-state index contributed by atoms with van der Waals surface area (Å²) in [4.78, 5) is 15.0. The maximum Gasteiger partial charge on any atom is 0.151 e. The summed E-state index contributed by atoms with van der Waals surface area (Å²) in [5, 5.41) is 0.932. The molecule has 1 aromatic heterocycles. The van der Waals surface area contributed by atoms with Gasteiger partial charge in [0, 0.05) is 23.2 Å². The number of carbonyl (C=O) groups is 1. The van der Waals surface area contributed by atoms with Crippen LogP contribution in [-0.2, 0) is 6.61 Å². The SMILES string of the molecule is O=Cc1cnc2cc(OCc3ccccc3)ccc2c1. The van der Waals surface area contributed by atoms with Crippen LogP contribution in [0.4, 0.5) is 0 Å². The number of benzene rings is 2. The van der Waals surface area contributed by atoms with Gasteiger partial charge < -0.3 is 4.74 Å². The van der Waals surface area contributed by atoms with Gasteiger partial charge in [-0.1, -0.05) is 30.3 Å². The number of ether oxygens (including phenoxy) is 1. The van der Waals surface area contributed by atoms with E-state index in [9.17, 15) is 4.79 Å². The lowest BCUT2D eigenvalue weighted by molar-refractivity contribution is 0.112. The van der Waals surface area contributed by atoms with E-state index < -0.39 is 0 Å². The molecule has 0 amide bonds. The Balaban J connectivity index is 1.81. The molecule has 1 heterocycles. The number of nitrogens with zero attached hydrogens (tertiary/aromatic N) is 1. The third-order valence-electron chi connectivity index (χ3n) is 3.06. The summed E-state index contributed by atoms with van der Waals surface area (Å²) in [5.74, 6) is 0.771. The minimum atomic E-state index is 0.527. The van der Waals surface area contributed by atoms with Crippen LogP contribution in [0.3, 0.4) is 0 Å². The first-order valence-corrected chi connectivity index (χ1v) is 6.37. The molecule has 0 saturated carbocycles. The Labute approximate surface area is 116 Å². The van der Waals surface area contributed by atoms with Crippen molar-refractivity contribution in [2.24, 2.45) is 0 Å². The molecule has 0 radical (unpaired) electrons. The van der Waals surface area contributed by atoms with Crippen molar-refractivity contribution in [3.63, 3.8) is 0 Å². The first kappa shape index (κ1) is 12.4. The van der Waals surface area contributed by atoms with E-state index in [0.717, 1.165) is 28.5 Å². The van der Waals surface area contributed by atoms with E-state index in [-0.39, 0.29) is 0 Å². The van der Waals surface area contributed by atoms with Crippen molar-refractivity contribution in [1.82, 2.24) is 4.98 Å². The Bertz CT molecular complexity index is 738. The minimum Gasteiger partial charge on any atom is -0.489 e. The first-order valence-electron chi connectivity index (χ1n) is 6.37. The van der Waals surface area contributed by atoms with E-state index in [1.54, 1.807) is 6.20 Å². The zero-order valence-corrected chi connectivity index (χ0v) is 10.8. The Kier molecular flexibility index (Phi) is 3.42. The highest BCUT2D eigenvalue weighted by Crippen LogP contribution is 2.20. The second-order valence-corrected chi connectivity index (χ2v) is 4.52. The van der Waals surface area contributed by atoms with Crippen molar-refractivity contribution in [2.75, 3.05) is 0 Å². The van der Waals surface area contributed by atoms with Crippen LogP contribution in [0, 0.1) is 0 Å². The number of hydrogen-bond donors (Lipinski definition) is 0. The Morgan fingerprint density at radius 3 is 2.70 bits per heavy atom. The molecule has 0 atom stereocenters. The number of hydrogen-bond acceptors (Lipinski definition) is 3. The molecule has 0 bridgehead atoms. The standard InChI is InChI=1S/C17H13NO2/c19-11-14-8-15-6-7-16(9-17(15)18-10-14)20-12-13-4-2-1-3-5-13/h1-11H,12H2. The summed E-state index contributed by atoms with van der Waals surface area (Å²) >= 11 is 0. The smallest absolute Gasteiger partial charge is 0.151 e. The van der Waals surface area contributed by atoms with Crippen LogP contribution in [0.15, 0.2) is 60.8 Å². The number of fused-ring (bicyclic) bond motifs is 1. The molecule has 0 aliphatic heterocycles. The average Bonchev–Trinajstić information content (AvgIpc) is 2.53. The molecule has 0 fully saturated rings. The van der Waals surface area contributed by atoms with Gasteiger partial charge in [0.15, 0.2) is 6.29 Å². The zero-order chi connectivity index (χ0) is 13.8. The van der Waals surface area contributed by atoms with Gasteiger partial charge in [-0.15, -0.1) is 0 Å². The van der Waals surface area contributed by atoms with E-state index in [2.05, 4.69) is 4.98 Å². The second-order valence-electron chi connectivity index (χ2n) is 4.52. The fraction of sp³-hybridized carbons (Fsp3) is 0.0588. The summed E-state index contributed by atoms with van der Waals surface area (Å²) in [6, 6.07) is 17.5. The quantitative estimate of drug-likeness (QED) is 0.675. The fourth-order valence-corrected chi connectivity index (χ4v) is 2.01. The first-order chi connectivity index (χ1) is 9.85. The van der Waals surface area contributed by atoms with Gasteiger partial charge in [-0.25, -0.2) is 0 Å². The van der Waals surface area contributed by atoms with Crippen LogP contribution in [0.1, 0.15) is 15.9 Å². The number of aldehydes is 1. The molecule has 3 rings (SSSR count). The maximum atomic E-state index is 10.7. The van der Waals surface area contributed by atoms with Gasteiger partial charge in [0.2, 0.25) is 0 Å². The molecule has 0 saturated heterocycles. The van der Waals surface area contributed by atoms with Crippen LogP contribution in [-0.4, -0.2) is 11.3 Å². The van der Waals surface area contributed by atoms with E-state index in [0.29, 0.717) is 12.2 Å². The third-order valence-corrected chi connectivity index (χ3v) is 3.06. The van der Waals surface area contributed by atoms with Gasteiger partial charge in [-0.05, 0) is 23.8 Å². The molecule has 3 heteroatoms. The Morgan fingerprint density at radius 1 is 1.05 bits per heavy atom. The molecule has 0 N–H and O–H groups in total. The van der Waals surface area contributed by atoms with Gasteiger partial charge in [0.1, 0.15) is 12.4 Å². The monoisotopic (exact) mass is 263 g/mol. The van der Waals surface area contributed by atoms with Crippen molar-refractivity contribution in [3.05, 3.63) is 71.9 Å². The van der Waals surface area contributed by atoms with Crippen molar-refractivity contribution in [3.8, 4) is 5.75 Å². The molecule has 20 heavy (non-hydrogen) atoms. The van der Waals surface area contributed by atoms with Crippen LogP contribution in [0.5, 0.6) is 5.75 Å². The van der Waals surface area contributed by atoms with Crippen LogP contribution < -0.4 is 4.74 Å². The zero-order valence-electron chi connectivity index (χ0n) is 10.8. The van der Waals surface area contributed by atoms with E-state index in [4.69, 9.17) is 4.74 Å². The predicted octanol–water partition coefficient (Wildman–Crippen LogP) is 3.63. The second kappa shape index (κ2) is 5.53. The Morgan fingerprint density at radius 2 is 1.90 bits per heavy atom. The fourth-order valence-electron chi connectivity index (χ4n) is 2.01. The topological polar surface area (TPSA) is 39.2 Å². The van der Waals surface area contributed by atoms with E-state index >= 15 is 0 Å². The molecule has 0 aliphatic carbocycles. The normalized spacial score (nSPS) is 10.4. The van der Waals surface area contributed by atoms with Crippen LogP contribution in [0.2, 0.25) is 0 Å². The van der Waals surface area contributed by atoms with E-state index in [1.165, 1.54) is 0 Å². The lowest BCUT2D eigenvalue weighted by Crippen LogP contribution is -1.95. The maximum absolute atomic E-state index is 10.7. The highest BCUT2D eigenvalue weighted by atomic mass is 16.5.